The third-order valence-electron chi connectivity index (χ3n) is 4.21. The predicted molar refractivity (Wildman–Crippen MR) is 104 cm³/mol. The third kappa shape index (κ3) is 3.69. The van der Waals surface area contributed by atoms with Crippen LogP contribution in [0, 0.1) is 0 Å². The van der Waals surface area contributed by atoms with E-state index in [-0.39, 0.29) is 5.97 Å². The second-order valence-electron chi connectivity index (χ2n) is 5.90. The van der Waals surface area contributed by atoms with Crippen molar-refractivity contribution < 1.29 is 14.3 Å². The van der Waals surface area contributed by atoms with Crippen LogP contribution in [0.1, 0.15) is 17.3 Å². The van der Waals surface area contributed by atoms with Gasteiger partial charge in [0.25, 0.3) is 0 Å². The summed E-state index contributed by atoms with van der Waals surface area (Å²) in [5.74, 6) is 1.10. The van der Waals surface area contributed by atoms with E-state index in [1.54, 1.807) is 18.5 Å². The van der Waals surface area contributed by atoms with E-state index >= 15 is 0 Å². The van der Waals surface area contributed by atoms with E-state index in [0.29, 0.717) is 23.4 Å². The Hall–Kier alpha value is -2.78. The summed E-state index contributed by atoms with van der Waals surface area (Å²) in [5, 5.41) is 5.66. The zero-order valence-electron chi connectivity index (χ0n) is 14.8. The van der Waals surface area contributed by atoms with Gasteiger partial charge in [-0.15, -0.1) is 11.3 Å². The minimum Gasteiger partial charge on any atom is -0.462 e. The third-order valence-corrected chi connectivity index (χ3v) is 5.10. The summed E-state index contributed by atoms with van der Waals surface area (Å²) < 4.78 is 10.5. The molecule has 1 fully saturated rings. The van der Waals surface area contributed by atoms with Crippen molar-refractivity contribution in [2.45, 2.75) is 6.92 Å². The first-order chi connectivity index (χ1) is 13.3. The highest BCUT2D eigenvalue weighted by Gasteiger charge is 2.18. The number of anilines is 3. The summed E-state index contributed by atoms with van der Waals surface area (Å²) in [5.41, 5.74) is 1.26. The minimum atomic E-state index is -0.373. The first kappa shape index (κ1) is 17.6. The lowest BCUT2D eigenvalue weighted by Crippen LogP contribution is -2.36. The molecule has 0 spiro atoms. The zero-order chi connectivity index (χ0) is 18.6. The van der Waals surface area contributed by atoms with Gasteiger partial charge in [-0.3, -0.25) is 0 Å². The normalized spacial score (nSPS) is 14.3. The highest BCUT2D eigenvalue weighted by Crippen LogP contribution is 2.31. The molecule has 4 rings (SSSR count). The first-order valence-corrected chi connectivity index (χ1v) is 9.59. The maximum absolute atomic E-state index is 12.2. The van der Waals surface area contributed by atoms with E-state index in [1.807, 2.05) is 12.1 Å². The van der Waals surface area contributed by atoms with Crippen LogP contribution in [0.25, 0.3) is 10.2 Å². The first-order valence-electron chi connectivity index (χ1n) is 8.71. The molecule has 0 unspecified atom stereocenters. The molecule has 9 heteroatoms. The number of thiophene rings is 1. The fourth-order valence-corrected chi connectivity index (χ4v) is 3.78. The van der Waals surface area contributed by atoms with Gasteiger partial charge in [-0.1, -0.05) is 0 Å². The molecule has 0 aliphatic carbocycles. The van der Waals surface area contributed by atoms with Crippen LogP contribution in [0.3, 0.4) is 0 Å². The van der Waals surface area contributed by atoms with Crippen LogP contribution in [0.15, 0.2) is 30.0 Å². The fraction of sp³-hybridized carbons (Fsp3) is 0.333. The van der Waals surface area contributed by atoms with Gasteiger partial charge in [-0.25, -0.2) is 19.7 Å². The number of morpholine rings is 1. The number of rotatable bonds is 5. The number of esters is 1. The Balaban J connectivity index is 1.59. The molecule has 8 nitrogen and oxygen atoms in total. The van der Waals surface area contributed by atoms with Gasteiger partial charge in [0, 0.05) is 18.5 Å². The lowest BCUT2D eigenvalue weighted by molar-refractivity contribution is 0.0529. The van der Waals surface area contributed by atoms with Crippen LogP contribution in [0.2, 0.25) is 0 Å². The monoisotopic (exact) mass is 385 g/mol. The molecule has 0 bridgehead atoms. The average Bonchev–Trinajstić information content (AvgIpc) is 3.15. The van der Waals surface area contributed by atoms with Gasteiger partial charge in [0.15, 0.2) is 0 Å². The lowest BCUT2D eigenvalue weighted by Gasteiger charge is -2.27. The summed E-state index contributed by atoms with van der Waals surface area (Å²) >= 11 is 1.39. The molecule has 140 valence electrons. The Morgan fingerprint density at radius 1 is 1.30 bits per heavy atom. The molecule has 1 N–H and O–H groups in total. The van der Waals surface area contributed by atoms with E-state index in [0.717, 1.165) is 42.6 Å². The molecular formula is C18H19N5O3S. The van der Waals surface area contributed by atoms with Gasteiger partial charge in [0.05, 0.1) is 42.7 Å². The molecule has 3 aromatic rings. The van der Waals surface area contributed by atoms with Crippen LogP contribution in [0.5, 0.6) is 0 Å². The number of aromatic nitrogens is 3. The molecular weight excluding hydrogens is 366 g/mol. The van der Waals surface area contributed by atoms with E-state index in [4.69, 9.17) is 9.47 Å². The summed E-state index contributed by atoms with van der Waals surface area (Å²) in [6.07, 6.45) is 3.24. The minimum absolute atomic E-state index is 0.319. The molecule has 0 aromatic carbocycles. The SMILES string of the molecule is CCOC(=O)c1csc2ncnc(Nc3ccc(N4CCOCC4)nc3)c12. The van der Waals surface area contributed by atoms with Gasteiger partial charge >= 0.3 is 5.97 Å². The average molecular weight is 385 g/mol. The van der Waals surface area contributed by atoms with Gasteiger partial charge in [0.2, 0.25) is 0 Å². The molecule has 3 aromatic heterocycles. The van der Waals surface area contributed by atoms with E-state index in [9.17, 15) is 4.79 Å². The number of ether oxygens (including phenoxy) is 2. The number of carbonyl (C=O) groups is 1. The van der Waals surface area contributed by atoms with Crippen LogP contribution in [0.4, 0.5) is 17.3 Å². The Morgan fingerprint density at radius 2 is 2.15 bits per heavy atom. The van der Waals surface area contributed by atoms with Gasteiger partial charge in [-0.2, -0.15) is 0 Å². The number of nitrogens with one attached hydrogen (secondary N) is 1. The molecule has 1 aliphatic rings. The molecule has 1 aliphatic heterocycles. The Morgan fingerprint density at radius 3 is 2.89 bits per heavy atom. The maximum atomic E-state index is 12.2. The van der Waals surface area contributed by atoms with Crippen molar-refractivity contribution in [3.8, 4) is 0 Å². The maximum Gasteiger partial charge on any atom is 0.339 e. The van der Waals surface area contributed by atoms with E-state index < -0.39 is 0 Å². The zero-order valence-corrected chi connectivity index (χ0v) is 15.7. The van der Waals surface area contributed by atoms with E-state index in [1.165, 1.54) is 17.7 Å². The fourth-order valence-electron chi connectivity index (χ4n) is 2.91. The molecule has 0 atom stereocenters. The van der Waals surface area contributed by atoms with Crippen LogP contribution in [-0.4, -0.2) is 53.8 Å². The van der Waals surface area contributed by atoms with Gasteiger partial charge in [0.1, 0.15) is 22.8 Å². The van der Waals surface area contributed by atoms with Crippen molar-refractivity contribution in [3.05, 3.63) is 35.6 Å². The predicted octanol–water partition coefficient (Wildman–Crippen LogP) is 2.84. The van der Waals surface area contributed by atoms with Crippen molar-refractivity contribution in [2.75, 3.05) is 43.1 Å². The second-order valence-corrected chi connectivity index (χ2v) is 6.76. The standard InChI is InChI=1S/C18H19N5O3S/c1-2-26-18(24)13-10-27-17-15(13)16(20-11-21-17)22-12-3-4-14(19-9-12)23-5-7-25-8-6-23/h3-4,9-11H,2,5-8H2,1H3,(H,20,21,22). The Bertz CT molecular complexity index is 938. The quantitative estimate of drug-likeness (QED) is 0.671. The highest BCUT2D eigenvalue weighted by atomic mass is 32.1. The molecule has 4 heterocycles. The lowest BCUT2D eigenvalue weighted by atomic mass is 10.2. The van der Waals surface area contributed by atoms with E-state index in [2.05, 4.69) is 25.2 Å². The molecule has 0 amide bonds. The largest absolute Gasteiger partial charge is 0.462 e. The number of pyridine rings is 1. The molecule has 27 heavy (non-hydrogen) atoms. The topological polar surface area (TPSA) is 89.5 Å². The Labute approximate surface area is 160 Å². The smallest absolute Gasteiger partial charge is 0.339 e. The van der Waals surface area contributed by atoms with Crippen molar-refractivity contribution >= 4 is 44.8 Å². The number of hydrogen-bond donors (Lipinski definition) is 1. The van der Waals surface area contributed by atoms with Gasteiger partial charge < -0.3 is 19.7 Å². The Kier molecular flexibility index (Phi) is 5.12. The molecule has 0 saturated carbocycles. The van der Waals surface area contributed by atoms with Crippen LogP contribution in [-0.2, 0) is 9.47 Å². The summed E-state index contributed by atoms with van der Waals surface area (Å²) in [4.78, 5) is 28.2. The number of nitrogens with zero attached hydrogens (tertiary/aromatic N) is 4. The summed E-state index contributed by atoms with van der Waals surface area (Å²) in [7, 11) is 0. The summed E-state index contributed by atoms with van der Waals surface area (Å²) in [6, 6.07) is 3.91. The number of hydrogen-bond acceptors (Lipinski definition) is 9. The van der Waals surface area contributed by atoms with Gasteiger partial charge in [-0.05, 0) is 19.1 Å². The number of carbonyl (C=O) groups excluding carboxylic acids is 1. The van der Waals surface area contributed by atoms with Crippen molar-refractivity contribution in [1.29, 1.82) is 0 Å². The van der Waals surface area contributed by atoms with Crippen molar-refractivity contribution in [2.24, 2.45) is 0 Å². The van der Waals surface area contributed by atoms with Crippen molar-refractivity contribution in [1.82, 2.24) is 15.0 Å². The van der Waals surface area contributed by atoms with Crippen LogP contribution >= 0.6 is 11.3 Å². The molecule has 0 radical (unpaired) electrons. The highest BCUT2D eigenvalue weighted by molar-refractivity contribution is 7.17. The summed E-state index contributed by atoms with van der Waals surface area (Å²) in [6.45, 7) is 5.21. The second kappa shape index (κ2) is 7.85. The van der Waals surface area contributed by atoms with Crippen LogP contribution < -0.4 is 10.2 Å². The molecule has 1 saturated heterocycles. The van der Waals surface area contributed by atoms with Crippen molar-refractivity contribution in [3.63, 3.8) is 0 Å². The number of fused-ring (bicyclic) bond motifs is 1.